The number of rotatable bonds is 8. The van der Waals surface area contributed by atoms with E-state index in [2.05, 4.69) is 40.5 Å². The number of fused-ring (bicyclic) bond motifs is 2. The quantitative estimate of drug-likeness (QED) is 0.326. The van der Waals surface area contributed by atoms with Gasteiger partial charge in [-0.2, -0.15) is 29.9 Å². The lowest BCUT2D eigenvalue weighted by Gasteiger charge is -2.26. The molecule has 0 radical (unpaired) electrons. The molecular weight excluding hydrogens is 376 g/mol. The van der Waals surface area contributed by atoms with Crippen LogP contribution in [0.15, 0.2) is 0 Å². The van der Waals surface area contributed by atoms with Crippen molar-refractivity contribution in [3.05, 3.63) is 11.6 Å². The summed E-state index contributed by atoms with van der Waals surface area (Å²) in [5.74, 6) is 3.78. The number of nitrogen functional groups attached to an aromatic ring is 2. The Morgan fingerprint density at radius 3 is 1.52 bits per heavy atom. The van der Waals surface area contributed by atoms with Crippen LogP contribution in [0.25, 0.3) is 0 Å². The zero-order valence-electron chi connectivity index (χ0n) is 16.0. The molecule has 2 aliphatic carbocycles. The summed E-state index contributed by atoms with van der Waals surface area (Å²) in [7, 11) is 0. The highest BCUT2D eigenvalue weighted by Gasteiger charge is 2.49. The van der Waals surface area contributed by atoms with Crippen molar-refractivity contribution in [1.82, 2.24) is 29.9 Å². The number of nitrogens with two attached hydrogens (primary N) is 2. The zero-order valence-corrected chi connectivity index (χ0v) is 16.0. The van der Waals surface area contributed by atoms with Gasteiger partial charge in [0.05, 0.1) is 13.2 Å². The molecule has 2 saturated carbocycles. The molecule has 0 aromatic carbocycles. The topological polar surface area (TPSA) is 194 Å². The Balaban J connectivity index is 1.49. The molecule has 12 nitrogen and oxygen atoms in total. The third kappa shape index (κ3) is 4.12. The lowest BCUT2D eigenvalue weighted by Crippen LogP contribution is -2.22. The molecule has 0 amide bonds. The van der Waals surface area contributed by atoms with Crippen molar-refractivity contribution in [2.24, 2.45) is 11.8 Å². The van der Waals surface area contributed by atoms with Crippen LogP contribution in [0, 0.1) is 11.8 Å². The van der Waals surface area contributed by atoms with Crippen LogP contribution in [0.3, 0.4) is 0 Å². The molecule has 2 aromatic rings. The van der Waals surface area contributed by atoms with Gasteiger partial charge < -0.3 is 32.3 Å². The lowest BCUT2D eigenvalue weighted by atomic mass is 9.81. The van der Waals surface area contributed by atoms with Gasteiger partial charge in [0, 0.05) is 24.9 Å². The number of nitrogens with one attached hydrogen (secondary N) is 2. The Hall–Kier alpha value is -2.86. The van der Waals surface area contributed by atoms with E-state index in [1.54, 1.807) is 0 Å². The van der Waals surface area contributed by atoms with Gasteiger partial charge in [0.2, 0.25) is 23.8 Å². The second kappa shape index (κ2) is 8.25. The molecule has 4 unspecified atom stereocenters. The summed E-state index contributed by atoms with van der Waals surface area (Å²) in [4.78, 5) is 25.9. The molecule has 2 fully saturated rings. The Bertz CT molecular complexity index is 797. The summed E-state index contributed by atoms with van der Waals surface area (Å²) in [6, 6.07) is 0. The Morgan fingerprint density at radius 1 is 0.690 bits per heavy atom. The summed E-state index contributed by atoms with van der Waals surface area (Å²) >= 11 is 0. The standard InChI is InChI=1S/C17H26N10O2/c18-14-22-12(24-16(26-14)20-1-3-28)10-6-9-5-8(10)7-11(9)13-23-15(19)27-17(25-13)21-2-4-29/h8-11,28-29H,1-7H2,(H3,18,20,22,24,26)(H3,19,21,23,25,27). The number of hydrogen-bond donors (Lipinski definition) is 6. The fourth-order valence-corrected chi connectivity index (χ4v) is 4.55. The Kier molecular flexibility index (Phi) is 5.53. The van der Waals surface area contributed by atoms with Crippen LogP contribution in [0.4, 0.5) is 23.8 Å². The van der Waals surface area contributed by atoms with Crippen molar-refractivity contribution in [1.29, 1.82) is 0 Å². The van der Waals surface area contributed by atoms with Gasteiger partial charge in [-0.3, -0.25) is 0 Å². The predicted molar refractivity (Wildman–Crippen MR) is 106 cm³/mol. The number of anilines is 4. The minimum Gasteiger partial charge on any atom is -0.395 e. The third-order valence-corrected chi connectivity index (χ3v) is 5.65. The second-order valence-corrected chi connectivity index (χ2v) is 7.49. The van der Waals surface area contributed by atoms with E-state index in [1.165, 1.54) is 0 Å². The van der Waals surface area contributed by atoms with Gasteiger partial charge in [-0.15, -0.1) is 0 Å². The molecule has 156 valence electrons. The summed E-state index contributed by atoms with van der Waals surface area (Å²) in [5.41, 5.74) is 11.7. The van der Waals surface area contributed by atoms with Crippen LogP contribution >= 0.6 is 0 Å². The van der Waals surface area contributed by atoms with E-state index in [-0.39, 0.29) is 36.9 Å². The lowest BCUT2D eigenvalue weighted by molar-refractivity contribution is 0.310. The monoisotopic (exact) mass is 402 g/mol. The smallest absolute Gasteiger partial charge is 0.227 e. The molecule has 2 aromatic heterocycles. The highest BCUT2D eigenvalue weighted by molar-refractivity contribution is 5.34. The minimum atomic E-state index is -0.0130. The van der Waals surface area contributed by atoms with E-state index >= 15 is 0 Å². The first-order chi connectivity index (χ1) is 14.1. The fraction of sp³-hybridized carbons (Fsp3) is 0.647. The van der Waals surface area contributed by atoms with Gasteiger partial charge >= 0.3 is 0 Å². The SMILES string of the molecule is Nc1nc(NCCO)nc(C2CC3CC2CC3c2nc(N)nc(NCCO)n2)n1. The number of nitrogens with zero attached hydrogens (tertiary/aromatic N) is 6. The molecule has 2 aliphatic rings. The van der Waals surface area contributed by atoms with E-state index in [0.717, 1.165) is 19.3 Å². The first-order valence-electron chi connectivity index (χ1n) is 9.79. The molecule has 0 aliphatic heterocycles. The fourth-order valence-electron chi connectivity index (χ4n) is 4.55. The molecule has 0 saturated heterocycles. The van der Waals surface area contributed by atoms with Crippen LogP contribution in [0.5, 0.6) is 0 Å². The first kappa shape index (κ1) is 19.5. The third-order valence-electron chi connectivity index (χ3n) is 5.65. The average molecular weight is 402 g/mol. The molecule has 2 heterocycles. The second-order valence-electron chi connectivity index (χ2n) is 7.49. The van der Waals surface area contributed by atoms with Crippen LogP contribution in [0.1, 0.15) is 42.7 Å². The van der Waals surface area contributed by atoms with E-state index in [0.29, 0.717) is 48.5 Å². The average Bonchev–Trinajstić information content (AvgIpc) is 3.31. The van der Waals surface area contributed by atoms with Crippen molar-refractivity contribution in [3.8, 4) is 0 Å². The maximum atomic E-state index is 8.98. The molecule has 2 bridgehead atoms. The van der Waals surface area contributed by atoms with Crippen LogP contribution in [-0.4, -0.2) is 66.4 Å². The van der Waals surface area contributed by atoms with Gasteiger partial charge in [-0.1, -0.05) is 0 Å². The van der Waals surface area contributed by atoms with Crippen LogP contribution in [0.2, 0.25) is 0 Å². The van der Waals surface area contributed by atoms with Gasteiger partial charge in [0.1, 0.15) is 11.6 Å². The van der Waals surface area contributed by atoms with Gasteiger partial charge in [0.15, 0.2) is 0 Å². The van der Waals surface area contributed by atoms with E-state index < -0.39 is 0 Å². The first-order valence-corrected chi connectivity index (χ1v) is 9.79. The van der Waals surface area contributed by atoms with Crippen molar-refractivity contribution in [2.45, 2.75) is 31.1 Å². The van der Waals surface area contributed by atoms with Crippen molar-refractivity contribution in [3.63, 3.8) is 0 Å². The van der Waals surface area contributed by atoms with Crippen LogP contribution < -0.4 is 22.1 Å². The summed E-state index contributed by atoms with van der Waals surface area (Å²) in [6.45, 7) is 0.687. The predicted octanol–water partition coefficient (Wildman–Crippen LogP) is -0.673. The number of aliphatic hydroxyl groups is 2. The maximum Gasteiger partial charge on any atom is 0.227 e. The molecule has 12 heteroatoms. The maximum absolute atomic E-state index is 8.98. The highest BCUT2D eigenvalue weighted by Crippen LogP contribution is 2.58. The number of aromatic nitrogens is 6. The molecule has 29 heavy (non-hydrogen) atoms. The van der Waals surface area contributed by atoms with E-state index in [1.807, 2.05) is 0 Å². The zero-order chi connectivity index (χ0) is 20.4. The van der Waals surface area contributed by atoms with Crippen molar-refractivity contribution >= 4 is 23.8 Å². The van der Waals surface area contributed by atoms with Gasteiger partial charge in [-0.05, 0) is 31.1 Å². The van der Waals surface area contributed by atoms with Crippen LogP contribution in [-0.2, 0) is 0 Å². The highest BCUT2D eigenvalue weighted by atomic mass is 16.3. The van der Waals surface area contributed by atoms with Crippen molar-refractivity contribution in [2.75, 3.05) is 48.4 Å². The molecule has 8 N–H and O–H groups in total. The minimum absolute atomic E-state index is 0.0130. The van der Waals surface area contributed by atoms with Gasteiger partial charge in [-0.25, -0.2) is 0 Å². The Morgan fingerprint density at radius 2 is 1.14 bits per heavy atom. The molecular formula is C17H26N10O2. The Labute approximate surface area is 167 Å². The number of hydrogen-bond acceptors (Lipinski definition) is 12. The molecule has 4 rings (SSSR count). The van der Waals surface area contributed by atoms with Gasteiger partial charge in [0.25, 0.3) is 0 Å². The largest absolute Gasteiger partial charge is 0.395 e. The number of aliphatic hydroxyl groups excluding tert-OH is 2. The summed E-state index contributed by atoms with van der Waals surface area (Å²) < 4.78 is 0. The van der Waals surface area contributed by atoms with E-state index in [4.69, 9.17) is 21.7 Å². The molecule has 4 atom stereocenters. The van der Waals surface area contributed by atoms with E-state index in [9.17, 15) is 0 Å². The summed E-state index contributed by atoms with van der Waals surface area (Å²) in [6.07, 6.45) is 2.89. The van der Waals surface area contributed by atoms with Crippen molar-refractivity contribution < 1.29 is 10.2 Å². The molecule has 0 spiro atoms. The summed E-state index contributed by atoms with van der Waals surface area (Å²) in [5, 5.41) is 23.9. The normalized spacial score (nSPS) is 25.3.